The average molecular weight is 181 g/mol. The number of hydrogen-bond acceptors (Lipinski definition) is 1. The zero-order chi connectivity index (χ0) is 9.64. The molecule has 2 rings (SSSR count). The van der Waals surface area contributed by atoms with Gasteiger partial charge in [-0.3, -0.25) is 4.79 Å². The van der Waals surface area contributed by atoms with Gasteiger partial charge in [0.25, 0.3) is 0 Å². The van der Waals surface area contributed by atoms with E-state index in [1.165, 1.54) is 19.3 Å². The summed E-state index contributed by atoms with van der Waals surface area (Å²) in [4.78, 5) is 10.9. The molecule has 0 aromatic heterocycles. The number of primary amides is 1. The van der Waals surface area contributed by atoms with E-state index in [9.17, 15) is 4.79 Å². The fourth-order valence-electron chi connectivity index (χ4n) is 3.61. The number of rotatable bonds is 2. The zero-order valence-corrected chi connectivity index (χ0v) is 8.55. The Kier molecular flexibility index (Phi) is 1.90. The molecule has 3 atom stereocenters. The van der Waals surface area contributed by atoms with Gasteiger partial charge >= 0.3 is 0 Å². The van der Waals surface area contributed by atoms with Gasteiger partial charge in [-0.05, 0) is 42.4 Å². The van der Waals surface area contributed by atoms with Gasteiger partial charge in [0, 0.05) is 6.42 Å². The fraction of sp³-hybridized carbons (Fsp3) is 0.909. The number of hydrogen-bond donors (Lipinski definition) is 1. The van der Waals surface area contributed by atoms with E-state index in [4.69, 9.17) is 5.73 Å². The number of fused-ring (bicyclic) bond motifs is 2. The topological polar surface area (TPSA) is 43.1 Å². The quantitative estimate of drug-likeness (QED) is 0.695. The minimum atomic E-state index is -0.120. The lowest BCUT2D eigenvalue weighted by Gasteiger charge is -2.37. The highest BCUT2D eigenvalue weighted by molar-refractivity contribution is 5.74. The second kappa shape index (κ2) is 2.73. The molecule has 2 bridgehead atoms. The van der Waals surface area contributed by atoms with Crippen LogP contribution in [0.1, 0.15) is 39.5 Å². The highest BCUT2D eigenvalue weighted by atomic mass is 16.1. The molecule has 0 aromatic carbocycles. The first-order chi connectivity index (χ1) is 6.01. The summed E-state index contributed by atoms with van der Waals surface area (Å²) in [6.45, 7) is 4.62. The van der Waals surface area contributed by atoms with E-state index in [1.807, 2.05) is 0 Å². The van der Waals surface area contributed by atoms with Crippen molar-refractivity contribution in [2.45, 2.75) is 39.5 Å². The van der Waals surface area contributed by atoms with Crippen molar-refractivity contribution in [3.8, 4) is 0 Å². The molecule has 0 heterocycles. The van der Waals surface area contributed by atoms with Gasteiger partial charge in [0.1, 0.15) is 0 Å². The maximum absolute atomic E-state index is 10.9. The molecule has 0 unspecified atom stereocenters. The van der Waals surface area contributed by atoms with Gasteiger partial charge in [-0.2, -0.15) is 0 Å². The summed E-state index contributed by atoms with van der Waals surface area (Å²) in [5.74, 6) is 2.07. The van der Waals surface area contributed by atoms with Crippen LogP contribution in [0.2, 0.25) is 0 Å². The fourth-order valence-corrected chi connectivity index (χ4v) is 3.61. The first-order valence-electron chi connectivity index (χ1n) is 5.30. The molecule has 2 heteroatoms. The Bertz CT molecular complexity index is 234. The molecule has 2 nitrogen and oxygen atoms in total. The van der Waals surface area contributed by atoms with Gasteiger partial charge in [-0.15, -0.1) is 0 Å². The van der Waals surface area contributed by atoms with Crippen LogP contribution in [-0.4, -0.2) is 5.91 Å². The SMILES string of the molecule is CC1(C)[C@H]2CC[C@@H](C2)[C@@H]1CC(N)=O. The van der Waals surface area contributed by atoms with Crippen molar-refractivity contribution in [3.63, 3.8) is 0 Å². The van der Waals surface area contributed by atoms with Crippen molar-refractivity contribution in [1.29, 1.82) is 0 Å². The molecular formula is C11H19NO. The normalized spacial score (nSPS) is 40.9. The van der Waals surface area contributed by atoms with Gasteiger partial charge in [-0.25, -0.2) is 0 Å². The minimum absolute atomic E-state index is 0.120. The summed E-state index contributed by atoms with van der Waals surface area (Å²) in [6, 6.07) is 0. The van der Waals surface area contributed by atoms with Crippen molar-refractivity contribution in [2.75, 3.05) is 0 Å². The largest absolute Gasteiger partial charge is 0.370 e. The lowest BCUT2D eigenvalue weighted by Crippen LogP contribution is -2.33. The van der Waals surface area contributed by atoms with Gasteiger partial charge in [0.2, 0.25) is 5.91 Å². The predicted octanol–water partition coefficient (Wildman–Crippen LogP) is 1.93. The van der Waals surface area contributed by atoms with Gasteiger partial charge in [0.15, 0.2) is 0 Å². The molecule has 1 amide bonds. The Labute approximate surface area is 79.9 Å². The molecule has 0 aliphatic heterocycles. The number of amides is 1. The van der Waals surface area contributed by atoms with Crippen molar-refractivity contribution in [2.24, 2.45) is 28.9 Å². The van der Waals surface area contributed by atoms with Crippen LogP contribution in [0.15, 0.2) is 0 Å². The third-order valence-electron chi connectivity index (χ3n) is 4.47. The van der Waals surface area contributed by atoms with E-state index in [-0.39, 0.29) is 5.91 Å². The van der Waals surface area contributed by atoms with Crippen molar-refractivity contribution in [3.05, 3.63) is 0 Å². The van der Waals surface area contributed by atoms with Crippen LogP contribution in [0, 0.1) is 23.2 Å². The Morgan fingerprint density at radius 2 is 2.15 bits per heavy atom. The van der Waals surface area contributed by atoms with E-state index in [0.29, 0.717) is 17.8 Å². The molecule has 2 saturated carbocycles. The van der Waals surface area contributed by atoms with E-state index in [0.717, 1.165) is 11.8 Å². The van der Waals surface area contributed by atoms with Gasteiger partial charge in [0.05, 0.1) is 0 Å². The van der Waals surface area contributed by atoms with E-state index >= 15 is 0 Å². The smallest absolute Gasteiger partial charge is 0.217 e. The Morgan fingerprint density at radius 3 is 2.62 bits per heavy atom. The van der Waals surface area contributed by atoms with E-state index in [2.05, 4.69) is 13.8 Å². The van der Waals surface area contributed by atoms with Crippen LogP contribution in [0.25, 0.3) is 0 Å². The molecule has 0 spiro atoms. The van der Waals surface area contributed by atoms with Gasteiger partial charge in [-0.1, -0.05) is 13.8 Å². The van der Waals surface area contributed by atoms with Crippen LogP contribution in [0.4, 0.5) is 0 Å². The number of carbonyl (C=O) groups is 1. The number of carbonyl (C=O) groups excluding carboxylic acids is 1. The molecule has 2 N–H and O–H groups in total. The highest BCUT2D eigenvalue weighted by Crippen LogP contribution is 2.60. The Balaban J connectivity index is 2.14. The second-order valence-electron chi connectivity index (χ2n) is 5.37. The average Bonchev–Trinajstić information content (AvgIpc) is 2.53. The summed E-state index contributed by atoms with van der Waals surface area (Å²) < 4.78 is 0. The summed E-state index contributed by atoms with van der Waals surface area (Å²) in [7, 11) is 0. The van der Waals surface area contributed by atoms with Gasteiger partial charge < -0.3 is 5.73 Å². The standard InChI is InChI=1S/C11H19NO/c1-11(2)8-4-3-7(5-8)9(11)6-10(12)13/h7-9H,3-6H2,1-2H3,(H2,12,13)/t7-,8-,9-/m0/s1. The van der Waals surface area contributed by atoms with Crippen LogP contribution in [0.5, 0.6) is 0 Å². The Hall–Kier alpha value is -0.530. The van der Waals surface area contributed by atoms with Crippen LogP contribution >= 0.6 is 0 Å². The summed E-state index contributed by atoms with van der Waals surface area (Å²) in [5.41, 5.74) is 5.65. The molecule has 0 saturated heterocycles. The predicted molar refractivity (Wildman–Crippen MR) is 51.9 cm³/mol. The summed E-state index contributed by atoms with van der Waals surface area (Å²) >= 11 is 0. The molecule has 0 aromatic rings. The summed E-state index contributed by atoms with van der Waals surface area (Å²) in [5, 5.41) is 0. The summed E-state index contributed by atoms with van der Waals surface area (Å²) in [6.07, 6.45) is 4.64. The van der Waals surface area contributed by atoms with Crippen LogP contribution in [0.3, 0.4) is 0 Å². The van der Waals surface area contributed by atoms with E-state index < -0.39 is 0 Å². The maximum Gasteiger partial charge on any atom is 0.217 e. The second-order valence-corrected chi connectivity index (χ2v) is 5.37. The zero-order valence-electron chi connectivity index (χ0n) is 8.55. The monoisotopic (exact) mass is 181 g/mol. The first kappa shape index (κ1) is 9.04. The molecule has 0 radical (unpaired) electrons. The lowest BCUT2D eigenvalue weighted by atomic mass is 9.67. The molecule has 74 valence electrons. The van der Waals surface area contributed by atoms with Crippen LogP contribution in [-0.2, 0) is 4.79 Å². The Morgan fingerprint density at radius 1 is 1.46 bits per heavy atom. The third kappa shape index (κ3) is 1.27. The van der Waals surface area contributed by atoms with E-state index in [1.54, 1.807) is 0 Å². The molecule has 2 aliphatic carbocycles. The minimum Gasteiger partial charge on any atom is -0.370 e. The maximum atomic E-state index is 10.9. The van der Waals surface area contributed by atoms with Crippen LogP contribution < -0.4 is 5.73 Å². The molecular weight excluding hydrogens is 162 g/mol. The number of nitrogens with two attached hydrogens (primary N) is 1. The third-order valence-corrected chi connectivity index (χ3v) is 4.47. The highest BCUT2D eigenvalue weighted by Gasteiger charge is 2.52. The lowest BCUT2D eigenvalue weighted by molar-refractivity contribution is -0.120. The first-order valence-corrected chi connectivity index (χ1v) is 5.30. The molecule has 2 aliphatic rings. The van der Waals surface area contributed by atoms with Crippen molar-refractivity contribution < 1.29 is 4.79 Å². The van der Waals surface area contributed by atoms with Crippen molar-refractivity contribution in [1.82, 2.24) is 0 Å². The molecule has 13 heavy (non-hydrogen) atoms. The van der Waals surface area contributed by atoms with Crippen molar-refractivity contribution >= 4 is 5.91 Å². The molecule has 2 fully saturated rings.